The molecule has 1 amide bonds. The molecule has 0 bridgehead atoms. The van der Waals surface area contributed by atoms with E-state index in [0.717, 1.165) is 11.1 Å². The van der Waals surface area contributed by atoms with Crippen LogP contribution in [0.15, 0.2) is 42.5 Å². The molecule has 0 aliphatic carbocycles. The van der Waals surface area contributed by atoms with Gasteiger partial charge in [-0.25, -0.2) is 9.18 Å². The largest absolute Gasteiger partial charge is 0.465 e. The predicted molar refractivity (Wildman–Crippen MR) is 93.7 cm³/mol. The first-order valence-corrected chi connectivity index (χ1v) is 8.46. The van der Waals surface area contributed by atoms with E-state index in [1.54, 1.807) is 30.3 Å². The van der Waals surface area contributed by atoms with Crippen molar-refractivity contribution in [2.24, 2.45) is 0 Å². The van der Waals surface area contributed by atoms with Gasteiger partial charge in [0.05, 0.1) is 18.4 Å². The molecule has 0 unspecified atom stereocenters. The summed E-state index contributed by atoms with van der Waals surface area (Å²) in [7, 11) is 1.31. The third kappa shape index (κ3) is 5.09. The molecule has 0 fully saturated rings. The fraction of sp³-hybridized carbons (Fsp3) is 0.222. The summed E-state index contributed by atoms with van der Waals surface area (Å²) in [5.74, 6) is -0.000370. The zero-order valence-electron chi connectivity index (χ0n) is 13.5. The second kappa shape index (κ2) is 8.49. The summed E-state index contributed by atoms with van der Waals surface area (Å²) >= 11 is 1.43. The third-order valence-electron chi connectivity index (χ3n) is 3.35. The maximum absolute atomic E-state index is 12.8. The summed E-state index contributed by atoms with van der Waals surface area (Å²) in [6.07, 6.45) is 0. The summed E-state index contributed by atoms with van der Waals surface area (Å²) in [6.45, 7) is 1.85. The molecule has 0 radical (unpaired) electrons. The Morgan fingerprint density at radius 2 is 1.88 bits per heavy atom. The van der Waals surface area contributed by atoms with Crippen LogP contribution in [0.3, 0.4) is 0 Å². The molecule has 0 aliphatic rings. The summed E-state index contributed by atoms with van der Waals surface area (Å²) < 4.78 is 17.5. The van der Waals surface area contributed by atoms with E-state index in [4.69, 9.17) is 0 Å². The Hall–Kier alpha value is -2.34. The van der Waals surface area contributed by atoms with Crippen LogP contribution in [0.25, 0.3) is 0 Å². The van der Waals surface area contributed by atoms with Crippen LogP contribution in [0, 0.1) is 12.7 Å². The van der Waals surface area contributed by atoms with Crippen molar-refractivity contribution in [3.8, 4) is 0 Å². The van der Waals surface area contributed by atoms with E-state index in [1.807, 2.05) is 6.92 Å². The first-order valence-electron chi connectivity index (χ1n) is 7.30. The number of halogens is 1. The summed E-state index contributed by atoms with van der Waals surface area (Å²) in [4.78, 5) is 23.6. The summed E-state index contributed by atoms with van der Waals surface area (Å²) in [5.41, 5.74) is 2.79. The lowest BCUT2D eigenvalue weighted by molar-refractivity contribution is -0.113. The lowest BCUT2D eigenvalue weighted by atomic mass is 10.1. The van der Waals surface area contributed by atoms with Crippen LogP contribution in [-0.2, 0) is 15.3 Å². The van der Waals surface area contributed by atoms with Crippen molar-refractivity contribution >= 4 is 29.3 Å². The number of aryl methyl sites for hydroxylation is 1. The molecule has 2 aromatic carbocycles. The van der Waals surface area contributed by atoms with Crippen molar-refractivity contribution in [3.63, 3.8) is 0 Å². The minimum atomic E-state index is -0.448. The number of anilines is 1. The van der Waals surface area contributed by atoms with Gasteiger partial charge in [-0.2, -0.15) is 0 Å². The molecule has 0 atom stereocenters. The number of carbonyl (C=O) groups excluding carboxylic acids is 2. The first kappa shape index (κ1) is 18.0. The molecule has 4 nitrogen and oxygen atoms in total. The number of nitrogens with one attached hydrogen (secondary N) is 1. The summed E-state index contributed by atoms with van der Waals surface area (Å²) in [5, 5.41) is 2.80. The average molecular weight is 347 g/mol. The standard InChI is InChI=1S/C18H18FNO3S/c1-12-3-6-14(18(22)23-2)9-16(12)20-17(21)11-24-10-13-4-7-15(19)8-5-13/h3-9H,10-11H2,1-2H3,(H,20,21). The van der Waals surface area contributed by atoms with Crippen molar-refractivity contribution in [1.82, 2.24) is 0 Å². The lowest BCUT2D eigenvalue weighted by Crippen LogP contribution is -2.15. The zero-order chi connectivity index (χ0) is 17.5. The molecule has 2 rings (SSSR count). The highest BCUT2D eigenvalue weighted by molar-refractivity contribution is 7.99. The van der Waals surface area contributed by atoms with E-state index in [1.165, 1.54) is 31.0 Å². The van der Waals surface area contributed by atoms with Gasteiger partial charge in [-0.05, 0) is 42.3 Å². The number of esters is 1. The van der Waals surface area contributed by atoms with Crippen molar-refractivity contribution < 1.29 is 18.7 Å². The Morgan fingerprint density at radius 1 is 1.17 bits per heavy atom. The highest BCUT2D eigenvalue weighted by Gasteiger charge is 2.10. The Kier molecular flexibility index (Phi) is 6.37. The maximum Gasteiger partial charge on any atom is 0.337 e. The highest BCUT2D eigenvalue weighted by atomic mass is 32.2. The van der Waals surface area contributed by atoms with Gasteiger partial charge in [-0.1, -0.05) is 18.2 Å². The smallest absolute Gasteiger partial charge is 0.337 e. The van der Waals surface area contributed by atoms with Gasteiger partial charge in [-0.15, -0.1) is 11.8 Å². The first-order chi connectivity index (χ1) is 11.5. The summed E-state index contributed by atoms with van der Waals surface area (Å²) in [6, 6.07) is 11.2. The van der Waals surface area contributed by atoms with Crippen LogP contribution in [0.2, 0.25) is 0 Å². The van der Waals surface area contributed by atoms with Crippen LogP contribution < -0.4 is 5.32 Å². The molecule has 126 valence electrons. The molecule has 0 spiro atoms. The Balaban J connectivity index is 1.90. The Labute approximate surface area is 144 Å². The van der Waals surface area contributed by atoms with E-state index in [9.17, 15) is 14.0 Å². The lowest BCUT2D eigenvalue weighted by Gasteiger charge is -2.10. The molecular weight excluding hydrogens is 329 g/mol. The SMILES string of the molecule is COC(=O)c1ccc(C)c(NC(=O)CSCc2ccc(F)cc2)c1. The number of methoxy groups -OCH3 is 1. The number of ether oxygens (including phenoxy) is 1. The van der Waals surface area contributed by atoms with Crippen LogP contribution in [-0.4, -0.2) is 24.7 Å². The number of benzene rings is 2. The van der Waals surface area contributed by atoms with Crippen molar-refractivity contribution in [2.45, 2.75) is 12.7 Å². The number of hydrogen-bond acceptors (Lipinski definition) is 4. The van der Waals surface area contributed by atoms with Crippen molar-refractivity contribution in [2.75, 3.05) is 18.2 Å². The second-order valence-electron chi connectivity index (χ2n) is 5.19. The van der Waals surface area contributed by atoms with Gasteiger partial charge in [0.1, 0.15) is 5.82 Å². The van der Waals surface area contributed by atoms with Crippen molar-refractivity contribution in [3.05, 3.63) is 65.0 Å². The van der Waals surface area contributed by atoms with E-state index in [0.29, 0.717) is 17.0 Å². The average Bonchev–Trinajstić information content (AvgIpc) is 2.58. The quantitative estimate of drug-likeness (QED) is 0.808. The molecular formula is C18H18FNO3S. The monoisotopic (exact) mass is 347 g/mol. The van der Waals surface area contributed by atoms with Gasteiger partial charge in [0.25, 0.3) is 0 Å². The van der Waals surface area contributed by atoms with Crippen LogP contribution >= 0.6 is 11.8 Å². The molecule has 6 heteroatoms. The van der Waals surface area contributed by atoms with Gasteiger partial charge in [0.15, 0.2) is 0 Å². The van der Waals surface area contributed by atoms with Gasteiger partial charge < -0.3 is 10.1 Å². The molecule has 0 aliphatic heterocycles. The number of thioether (sulfide) groups is 1. The predicted octanol–water partition coefficient (Wildman–Crippen LogP) is 3.79. The van der Waals surface area contributed by atoms with Crippen molar-refractivity contribution in [1.29, 1.82) is 0 Å². The van der Waals surface area contributed by atoms with Crippen LogP contribution in [0.5, 0.6) is 0 Å². The van der Waals surface area contributed by atoms with Gasteiger partial charge in [-0.3, -0.25) is 4.79 Å². The zero-order valence-corrected chi connectivity index (χ0v) is 14.3. The van der Waals surface area contributed by atoms with Gasteiger partial charge >= 0.3 is 5.97 Å². The Morgan fingerprint density at radius 3 is 2.54 bits per heavy atom. The van der Waals surface area contributed by atoms with Gasteiger partial charge in [0.2, 0.25) is 5.91 Å². The van der Waals surface area contributed by atoms with Gasteiger partial charge in [0, 0.05) is 11.4 Å². The molecule has 0 saturated heterocycles. The molecule has 2 aromatic rings. The van der Waals surface area contributed by atoms with Crippen LogP contribution in [0.4, 0.5) is 10.1 Å². The number of carbonyl (C=O) groups is 2. The van der Waals surface area contributed by atoms with Crippen LogP contribution in [0.1, 0.15) is 21.5 Å². The van der Waals surface area contributed by atoms with E-state index in [2.05, 4.69) is 10.1 Å². The van der Waals surface area contributed by atoms with E-state index < -0.39 is 5.97 Å². The fourth-order valence-corrected chi connectivity index (χ4v) is 2.82. The Bertz CT molecular complexity index is 732. The fourth-order valence-electron chi connectivity index (χ4n) is 2.03. The highest BCUT2D eigenvalue weighted by Crippen LogP contribution is 2.19. The topological polar surface area (TPSA) is 55.4 Å². The second-order valence-corrected chi connectivity index (χ2v) is 6.17. The van der Waals surface area contributed by atoms with E-state index >= 15 is 0 Å². The number of rotatable bonds is 6. The molecule has 0 heterocycles. The third-order valence-corrected chi connectivity index (χ3v) is 4.35. The molecule has 1 N–H and O–H groups in total. The molecule has 24 heavy (non-hydrogen) atoms. The maximum atomic E-state index is 12.8. The number of amides is 1. The minimum absolute atomic E-state index is 0.160. The minimum Gasteiger partial charge on any atom is -0.465 e. The van der Waals surface area contributed by atoms with E-state index in [-0.39, 0.29) is 17.5 Å². The molecule has 0 saturated carbocycles. The molecule has 0 aromatic heterocycles. The number of hydrogen-bond donors (Lipinski definition) is 1. The normalized spacial score (nSPS) is 10.3.